The van der Waals surface area contributed by atoms with Crippen LogP contribution >= 0.6 is 0 Å². The Labute approximate surface area is 133 Å². The third-order valence-electron chi connectivity index (χ3n) is 6.24. The van der Waals surface area contributed by atoms with E-state index in [1.54, 1.807) is 0 Å². The Bertz CT molecular complexity index is 291. The van der Waals surface area contributed by atoms with Crippen molar-refractivity contribution in [2.75, 3.05) is 26.2 Å². The van der Waals surface area contributed by atoms with E-state index in [0.717, 1.165) is 29.7 Å². The van der Waals surface area contributed by atoms with Gasteiger partial charge in [0.1, 0.15) is 0 Å². The average Bonchev–Trinajstić information content (AvgIpc) is 2.49. The molecule has 0 radical (unpaired) electrons. The third kappa shape index (κ3) is 4.96. The van der Waals surface area contributed by atoms with Crippen LogP contribution in [0.15, 0.2) is 0 Å². The summed E-state index contributed by atoms with van der Waals surface area (Å²) in [4.78, 5) is 2.77. The van der Waals surface area contributed by atoms with Crippen molar-refractivity contribution >= 4 is 0 Å². The van der Waals surface area contributed by atoms with Crippen molar-refractivity contribution in [3.8, 4) is 0 Å². The van der Waals surface area contributed by atoms with Crippen LogP contribution in [0.1, 0.15) is 66.2 Å². The van der Waals surface area contributed by atoms with Gasteiger partial charge in [0.15, 0.2) is 0 Å². The summed E-state index contributed by atoms with van der Waals surface area (Å²) in [7, 11) is 0. The summed E-state index contributed by atoms with van der Waals surface area (Å²) in [6.07, 6.45) is 8.35. The molecule has 21 heavy (non-hydrogen) atoms. The molecule has 1 heterocycles. The molecule has 1 saturated heterocycles. The van der Waals surface area contributed by atoms with Crippen LogP contribution in [0.4, 0.5) is 0 Å². The number of rotatable bonds is 6. The minimum atomic E-state index is 0.780. The molecule has 1 aliphatic heterocycles. The highest BCUT2D eigenvalue weighted by Gasteiger charge is 2.32. The van der Waals surface area contributed by atoms with Crippen molar-refractivity contribution in [3.63, 3.8) is 0 Å². The van der Waals surface area contributed by atoms with Crippen molar-refractivity contribution in [2.24, 2.45) is 23.7 Å². The van der Waals surface area contributed by atoms with Crippen LogP contribution in [0.25, 0.3) is 0 Å². The zero-order chi connectivity index (χ0) is 15.2. The first-order valence-corrected chi connectivity index (χ1v) is 9.59. The lowest BCUT2D eigenvalue weighted by atomic mass is 9.76. The molecule has 2 heteroatoms. The Kier molecular flexibility index (Phi) is 7.01. The maximum Gasteiger partial charge on any atom is 0.0108 e. The predicted octanol–water partition coefficient (Wildman–Crippen LogP) is 4.16. The molecule has 124 valence electrons. The molecule has 1 aliphatic carbocycles. The van der Waals surface area contributed by atoms with Gasteiger partial charge in [-0.05, 0) is 68.9 Å². The van der Waals surface area contributed by atoms with Crippen LogP contribution in [0.2, 0.25) is 0 Å². The van der Waals surface area contributed by atoms with Crippen molar-refractivity contribution in [2.45, 2.75) is 72.3 Å². The third-order valence-corrected chi connectivity index (χ3v) is 6.24. The summed E-state index contributed by atoms with van der Waals surface area (Å²) < 4.78 is 0. The smallest absolute Gasteiger partial charge is 0.0108 e. The lowest BCUT2D eigenvalue weighted by Crippen LogP contribution is -2.48. The summed E-state index contributed by atoms with van der Waals surface area (Å²) >= 11 is 0. The highest BCUT2D eigenvalue weighted by molar-refractivity contribution is 4.87. The van der Waals surface area contributed by atoms with Crippen LogP contribution < -0.4 is 5.32 Å². The van der Waals surface area contributed by atoms with E-state index in [-0.39, 0.29) is 0 Å². The molecule has 0 amide bonds. The quantitative estimate of drug-likeness (QED) is 0.791. The molecule has 1 N–H and O–H groups in total. The van der Waals surface area contributed by atoms with E-state index in [9.17, 15) is 0 Å². The number of nitrogens with zero attached hydrogens (tertiary/aromatic N) is 1. The molecule has 0 aromatic rings. The average molecular weight is 295 g/mol. The van der Waals surface area contributed by atoms with Crippen molar-refractivity contribution in [3.05, 3.63) is 0 Å². The van der Waals surface area contributed by atoms with Crippen LogP contribution in [0.3, 0.4) is 0 Å². The monoisotopic (exact) mass is 294 g/mol. The maximum atomic E-state index is 3.85. The van der Waals surface area contributed by atoms with E-state index in [1.807, 2.05) is 0 Å². The standard InChI is InChI=1S/C19H38N2/c1-5-10-20-19-8-7-17(6-2)12-18(19)14-21-11-9-15(3)16(4)13-21/h15-20H,5-14H2,1-4H3. The highest BCUT2D eigenvalue weighted by Crippen LogP contribution is 2.33. The predicted molar refractivity (Wildman–Crippen MR) is 92.6 cm³/mol. The molecular weight excluding hydrogens is 256 g/mol. The minimum absolute atomic E-state index is 0.780. The van der Waals surface area contributed by atoms with Gasteiger partial charge in [-0.1, -0.05) is 34.1 Å². The number of nitrogens with one attached hydrogen (secondary N) is 1. The van der Waals surface area contributed by atoms with Crippen LogP contribution in [-0.2, 0) is 0 Å². The Hall–Kier alpha value is -0.0800. The van der Waals surface area contributed by atoms with Gasteiger partial charge in [0.25, 0.3) is 0 Å². The maximum absolute atomic E-state index is 3.85. The molecule has 2 nitrogen and oxygen atoms in total. The molecule has 2 aliphatic rings. The fourth-order valence-corrected chi connectivity index (χ4v) is 4.38. The van der Waals surface area contributed by atoms with E-state index in [0.29, 0.717) is 0 Å². The molecular formula is C19H38N2. The van der Waals surface area contributed by atoms with Gasteiger partial charge < -0.3 is 10.2 Å². The van der Waals surface area contributed by atoms with Crippen molar-refractivity contribution < 1.29 is 0 Å². The Morgan fingerprint density at radius 3 is 2.52 bits per heavy atom. The van der Waals surface area contributed by atoms with E-state index in [2.05, 4.69) is 37.9 Å². The molecule has 0 bridgehead atoms. The Morgan fingerprint density at radius 1 is 1.05 bits per heavy atom. The first-order valence-electron chi connectivity index (χ1n) is 9.59. The number of likely N-dealkylation sites (tertiary alicyclic amines) is 1. The lowest BCUT2D eigenvalue weighted by Gasteiger charge is -2.42. The van der Waals surface area contributed by atoms with Gasteiger partial charge in [0.2, 0.25) is 0 Å². The van der Waals surface area contributed by atoms with Crippen molar-refractivity contribution in [1.82, 2.24) is 10.2 Å². The fraction of sp³-hybridized carbons (Fsp3) is 1.00. The zero-order valence-corrected chi connectivity index (χ0v) is 14.9. The Morgan fingerprint density at radius 2 is 1.86 bits per heavy atom. The summed E-state index contributed by atoms with van der Waals surface area (Å²) in [5.74, 6) is 3.67. The second kappa shape index (κ2) is 8.53. The number of piperidine rings is 1. The van der Waals surface area contributed by atoms with E-state index < -0.39 is 0 Å². The van der Waals surface area contributed by atoms with E-state index in [4.69, 9.17) is 0 Å². The largest absolute Gasteiger partial charge is 0.314 e. The molecule has 2 rings (SSSR count). The molecule has 2 fully saturated rings. The van der Waals surface area contributed by atoms with Crippen molar-refractivity contribution in [1.29, 1.82) is 0 Å². The van der Waals surface area contributed by atoms with Gasteiger partial charge in [0, 0.05) is 19.1 Å². The van der Waals surface area contributed by atoms with Gasteiger partial charge in [-0.25, -0.2) is 0 Å². The Balaban J connectivity index is 1.89. The molecule has 0 aromatic carbocycles. The van der Waals surface area contributed by atoms with Gasteiger partial charge in [-0.15, -0.1) is 0 Å². The summed E-state index contributed by atoms with van der Waals surface area (Å²) in [6, 6.07) is 0.780. The summed E-state index contributed by atoms with van der Waals surface area (Å²) in [5, 5.41) is 3.85. The summed E-state index contributed by atoms with van der Waals surface area (Å²) in [6.45, 7) is 14.7. The minimum Gasteiger partial charge on any atom is -0.314 e. The molecule has 0 aromatic heterocycles. The molecule has 5 atom stereocenters. The molecule has 1 saturated carbocycles. The second-order valence-corrected chi connectivity index (χ2v) is 7.91. The number of hydrogen-bond acceptors (Lipinski definition) is 2. The number of hydrogen-bond donors (Lipinski definition) is 1. The van der Waals surface area contributed by atoms with Gasteiger partial charge >= 0.3 is 0 Å². The van der Waals surface area contributed by atoms with Crippen LogP contribution in [0.5, 0.6) is 0 Å². The van der Waals surface area contributed by atoms with Gasteiger partial charge in [-0.2, -0.15) is 0 Å². The summed E-state index contributed by atoms with van der Waals surface area (Å²) in [5.41, 5.74) is 0. The van der Waals surface area contributed by atoms with Crippen LogP contribution in [-0.4, -0.2) is 37.1 Å². The fourth-order valence-electron chi connectivity index (χ4n) is 4.38. The molecule has 0 spiro atoms. The van der Waals surface area contributed by atoms with Crippen LogP contribution in [0, 0.1) is 23.7 Å². The highest BCUT2D eigenvalue weighted by atomic mass is 15.1. The first kappa shape index (κ1) is 17.3. The van der Waals surface area contributed by atoms with E-state index >= 15 is 0 Å². The van der Waals surface area contributed by atoms with E-state index in [1.165, 1.54) is 64.7 Å². The SMILES string of the molecule is CCCNC1CCC(CC)CC1CN1CCC(C)C(C)C1. The first-order chi connectivity index (χ1) is 10.1. The second-order valence-electron chi connectivity index (χ2n) is 7.91. The van der Waals surface area contributed by atoms with Gasteiger partial charge in [0.05, 0.1) is 0 Å². The van der Waals surface area contributed by atoms with Gasteiger partial charge in [-0.3, -0.25) is 0 Å². The normalized spacial score (nSPS) is 38.6. The lowest BCUT2D eigenvalue weighted by molar-refractivity contribution is 0.0872. The molecule has 5 unspecified atom stereocenters. The zero-order valence-electron chi connectivity index (χ0n) is 14.9. The topological polar surface area (TPSA) is 15.3 Å².